The Hall–Kier alpha value is -1.08. The van der Waals surface area contributed by atoms with Crippen LogP contribution in [0.2, 0.25) is 0 Å². The minimum Gasteiger partial charge on any atom is -0.370 e. The van der Waals surface area contributed by atoms with Gasteiger partial charge in [0.15, 0.2) is 0 Å². The number of benzene rings is 1. The van der Waals surface area contributed by atoms with E-state index in [0.717, 1.165) is 37.6 Å². The highest BCUT2D eigenvalue weighted by Crippen LogP contribution is 2.36. The first-order valence-corrected chi connectivity index (χ1v) is 8.79. The zero-order valence-corrected chi connectivity index (χ0v) is 14.0. The van der Waals surface area contributed by atoms with Crippen molar-refractivity contribution in [1.82, 2.24) is 9.80 Å². The number of fused-ring (bicyclic) bond motifs is 1. The molecule has 1 aromatic carbocycles. The van der Waals surface area contributed by atoms with Gasteiger partial charge in [-0.1, -0.05) is 0 Å². The molecular formula is C18H25F2N3O. The number of halogens is 2. The number of hydrogen-bond acceptors (Lipinski definition) is 4. The summed E-state index contributed by atoms with van der Waals surface area (Å²) in [5, 5.41) is 0. The quantitative estimate of drug-likeness (QED) is 0.893. The molecule has 0 bridgehead atoms. The molecule has 3 aliphatic rings. The number of ether oxygens (including phenoxy) is 1. The van der Waals surface area contributed by atoms with E-state index in [-0.39, 0.29) is 17.6 Å². The molecule has 3 heterocycles. The van der Waals surface area contributed by atoms with Crippen molar-refractivity contribution in [1.29, 1.82) is 0 Å². The van der Waals surface area contributed by atoms with Crippen molar-refractivity contribution >= 4 is 0 Å². The lowest BCUT2D eigenvalue weighted by atomic mass is 9.93. The van der Waals surface area contributed by atoms with Gasteiger partial charge in [-0.05, 0) is 50.6 Å². The van der Waals surface area contributed by atoms with E-state index in [9.17, 15) is 8.78 Å². The molecule has 4 rings (SSSR count). The third-order valence-corrected chi connectivity index (χ3v) is 6.04. The Bertz CT molecular complexity index is 614. The Morgan fingerprint density at radius 3 is 2.83 bits per heavy atom. The molecule has 2 N–H and O–H groups in total. The number of rotatable bonds is 2. The van der Waals surface area contributed by atoms with Gasteiger partial charge in [0.05, 0.1) is 6.61 Å². The molecule has 0 amide bonds. The van der Waals surface area contributed by atoms with Crippen LogP contribution >= 0.6 is 0 Å². The van der Waals surface area contributed by atoms with Gasteiger partial charge in [0.2, 0.25) is 0 Å². The standard InChI is InChI=1S/C18H25F2N3O/c1-22-5-4-11-8-23(9-17(11)22)13-7-16(21)18(24-10-13)14-6-12(19)2-3-15(14)20/h2-3,6,11,13,16-18H,4-5,7-10,21H2,1H3/t11?,13-,16+,17?,18-/m1/s1. The fraction of sp³-hybridized carbons (Fsp3) is 0.667. The van der Waals surface area contributed by atoms with E-state index in [4.69, 9.17) is 10.5 Å². The van der Waals surface area contributed by atoms with Gasteiger partial charge in [-0.15, -0.1) is 0 Å². The van der Waals surface area contributed by atoms with Crippen LogP contribution in [0, 0.1) is 17.6 Å². The van der Waals surface area contributed by atoms with Crippen LogP contribution in [0.5, 0.6) is 0 Å². The van der Waals surface area contributed by atoms with Gasteiger partial charge >= 0.3 is 0 Å². The zero-order chi connectivity index (χ0) is 16.8. The van der Waals surface area contributed by atoms with E-state index < -0.39 is 17.7 Å². The van der Waals surface area contributed by atoms with Gasteiger partial charge in [-0.25, -0.2) is 8.78 Å². The smallest absolute Gasteiger partial charge is 0.129 e. The highest BCUT2D eigenvalue weighted by molar-refractivity contribution is 5.23. The Balaban J connectivity index is 1.43. The fourth-order valence-corrected chi connectivity index (χ4v) is 4.65. The van der Waals surface area contributed by atoms with Gasteiger partial charge in [0.1, 0.15) is 17.7 Å². The van der Waals surface area contributed by atoms with Crippen LogP contribution in [0.3, 0.4) is 0 Å². The summed E-state index contributed by atoms with van der Waals surface area (Å²) in [6, 6.07) is 4.06. The Labute approximate surface area is 141 Å². The van der Waals surface area contributed by atoms with Crippen LogP contribution in [0.25, 0.3) is 0 Å². The normalized spacial score (nSPS) is 37.8. The SMILES string of the molecule is CN1CCC2CN([C@H]3CO[C@H](c4cc(F)ccc4F)[C@@H](N)C3)CC21. The second-order valence-corrected chi connectivity index (χ2v) is 7.52. The van der Waals surface area contributed by atoms with E-state index in [1.54, 1.807) is 0 Å². The second kappa shape index (κ2) is 6.33. The Morgan fingerprint density at radius 1 is 1.25 bits per heavy atom. The van der Waals surface area contributed by atoms with Crippen LogP contribution in [-0.2, 0) is 4.74 Å². The lowest BCUT2D eigenvalue weighted by Gasteiger charge is -2.39. The van der Waals surface area contributed by atoms with Gasteiger partial charge in [0, 0.05) is 36.8 Å². The van der Waals surface area contributed by atoms with E-state index >= 15 is 0 Å². The van der Waals surface area contributed by atoms with Crippen molar-refractivity contribution in [3.8, 4) is 0 Å². The lowest BCUT2D eigenvalue weighted by molar-refractivity contribution is -0.0488. The number of hydrogen-bond donors (Lipinski definition) is 1. The van der Waals surface area contributed by atoms with Gasteiger partial charge < -0.3 is 15.4 Å². The molecular weight excluding hydrogens is 312 g/mol. The van der Waals surface area contributed by atoms with Crippen molar-refractivity contribution in [3.05, 3.63) is 35.4 Å². The van der Waals surface area contributed by atoms with Gasteiger partial charge in [-0.3, -0.25) is 4.90 Å². The molecule has 0 radical (unpaired) electrons. The van der Waals surface area contributed by atoms with Crippen LogP contribution in [0.4, 0.5) is 8.78 Å². The third-order valence-electron chi connectivity index (χ3n) is 6.04. The average molecular weight is 337 g/mol. The first kappa shape index (κ1) is 16.4. The molecule has 0 saturated carbocycles. The highest BCUT2D eigenvalue weighted by Gasteiger charge is 2.43. The summed E-state index contributed by atoms with van der Waals surface area (Å²) in [5.74, 6) is -0.169. The predicted molar refractivity (Wildman–Crippen MR) is 87.5 cm³/mol. The van der Waals surface area contributed by atoms with E-state index in [1.165, 1.54) is 19.0 Å². The first-order valence-electron chi connectivity index (χ1n) is 8.79. The van der Waals surface area contributed by atoms with Crippen molar-refractivity contribution in [2.75, 3.05) is 33.3 Å². The minimum atomic E-state index is -0.568. The molecule has 4 nitrogen and oxygen atoms in total. The predicted octanol–water partition coefficient (Wildman–Crippen LogP) is 1.76. The van der Waals surface area contributed by atoms with Crippen LogP contribution in [0.15, 0.2) is 18.2 Å². The summed E-state index contributed by atoms with van der Waals surface area (Å²) >= 11 is 0. The van der Waals surface area contributed by atoms with Crippen LogP contribution in [0.1, 0.15) is 24.5 Å². The van der Waals surface area contributed by atoms with Gasteiger partial charge in [0.25, 0.3) is 0 Å². The average Bonchev–Trinajstić information content (AvgIpc) is 3.12. The summed E-state index contributed by atoms with van der Waals surface area (Å²) in [4.78, 5) is 4.92. The summed E-state index contributed by atoms with van der Waals surface area (Å²) in [7, 11) is 2.19. The minimum absolute atomic E-state index is 0.235. The lowest BCUT2D eigenvalue weighted by Crippen LogP contribution is -2.49. The van der Waals surface area contributed by atoms with Crippen molar-refractivity contribution in [3.63, 3.8) is 0 Å². The summed E-state index contributed by atoms with van der Waals surface area (Å²) in [6.07, 6.45) is 1.44. The summed E-state index contributed by atoms with van der Waals surface area (Å²) < 4.78 is 33.3. The van der Waals surface area contributed by atoms with Crippen molar-refractivity contribution < 1.29 is 13.5 Å². The molecule has 24 heavy (non-hydrogen) atoms. The summed E-state index contributed by atoms with van der Waals surface area (Å²) in [6.45, 7) is 3.86. The van der Waals surface area contributed by atoms with E-state index in [1.807, 2.05) is 0 Å². The maximum Gasteiger partial charge on any atom is 0.129 e. The maximum absolute atomic E-state index is 14.0. The number of likely N-dealkylation sites (tertiary alicyclic amines) is 2. The molecule has 3 saturated heterocycles. The molecule has 0 aliphatic carbocycles. The van der Waals surface area contributed by atoms with E-state index in [2.05, 4.69) is 16.8 Å². The highest BCUT2D eigenvalue weighted by atomic mass is 19.1. The number of likely N-dealkylation sites (N-methyl/N-ethyl adjacent to an activating group) is 1. The largest absolute Gasteiger partial charge is 0.370 e. The topological polar surface area (TPSA) is 41.7 Å². The molecule has 3 aliphatic heterocycles. The number of nitrogens with two attached hydrogens (primary N) is 1. The second-order valence-electron chi connectivity index (χ2n) is 7.52. The molecule has 132 valence electrons. The monoisotopic (exact) mass is 337 g/mol. The van der Waals surface area contributed by atoms with Crippen molar-refractivity contribution in [2.45, 2.75) is 37.1 Å². The van der Waals surface area contributed by atoms with Crippen molar-refractivity contribution in [2.24, 2.45) is 11.7 Å². The maximum atomic E-state index is 14.0. The molecule has 2 unspecified atom stereocenters. The summed E-state index contributed by atoms with van der Waals surface area (Å²) in [5.41, 5.74) is 6.52. The Morgan fingerprint density at radius 2 is 2.08 bits per heavy atom. The molecule has 0 spiro atoms. The Kier molecular flexibility index (Phi) is 4.33. The first-order chi connectivity index (χ1) is 11.5. The molecule has 6 heteroatoms. The molecule has 1 aromatic rings. The molecule has 3 fully saturated rings. The fourth-order valence-electron chi connectivity index (χ4n) is 4.65. The van der Waals surface area contributed by atoms with Crippen LogP contribution < -0.4 is 5.73 Å². The van der Waals surface area contributed by atoms with E-state index in [0.29, 0.717) is 12.6 Å². The van der Waals surface area contributed by atoms with Gasteiger partial charge in [-0.2, -0.15) is 0 Å². The molecule has 0 aromatic heterocycles. The third kappa shape index (κ3) is 2.86. The molecule has 5 atom stereocenters. The van der Waals surface area contributed by atoms with Crippen LogP contribution in [-0.4, -0.2) is 61.2 Å². The number of nitrogens with zero attached hydrogens (tertiary/aromatic N) is 2. The zero-order valence-electron chi connectivity index (χ0n) is 14.0.